The van der Waals surface area contributed by atoms with Crippen LogP contribution in [0, 0.1) is 21.8 Å². The minimum absolute atomic E-state index is 0.111. The van der Waals surface area contributed by atoms with Gasteiger partial charge in [0.05, 0.1) is 11.0 Å². The summed E-state index contributed by atoms with van der Waals surface area (Å²) in [5, 5.41) is 16.4. The van der Waals surface area contributed by atoms with E-state index >= 15 is 0 Å². The van der Waals surface area contributed by atoms with Crippen molar-refractivity contribution in [1.82, 2.24) is 5.32 Å². The van der Waals surface area contributed by atoms with Crippen molar-refractivity contribution >= 4 is 17.3 Å². The van der Waals surface area contributed by atoms with Crippen LogP contribution >= 0.6 is 0 Å². The van der Waals surface area contributed by atoms with Gasteiger partial charge < -0.3 is 10.6 Å². The monoisotopic (exact) mass is 281 g/mol. The zero-order valence-corrected chi connectivity index (χ0v) is 11.1. The highest BCUT2D eigenvalue weighted by molar-refractivity contribution is 5.96. The van der Waals surface area contributed by atoms with Crippen molar-refractivity contribution in [3.05, 3.63) is 34.1 Å². The summed E-state index contributed by atoms with van der Waals surface area (Å²) in [4.78, 5) is 22.3. The third-order valence-corrected chi connectivity index (χ3v) is 3.40. The highest BCUT2D eigenvalue weighted by Crippen LogP contribution is 2.25. The molecule has 1 aromatic carbocycles. The molecule has 0 bridgehead atoms. The van der Waals surface area contributed by atoms with Crippen LogP contribution in [0.4, 0.5) is 15.8 Å². The van der Waals surface area contributed by atoms with Crippen molar-refractivity contribution in [2.45, 2.75) is 25.8 Å². The first-order chi connectivity index (χ1) is 9.47. The fourth-order valence-electron chi connectivity index (χ4n) is 2.29. The molecule has 6 nitrogen and oxygen atoms in total. The predicted octanol–water partition coefficient (Wildman–Crippen LogP) is 2.06. The Hall–Kier alpha value is -2.02. The Balaban J connectivity index is 2.14. The third kappa shape index (κ3) is 3.30. The standard InChI is InChI=1S/C13H16FN3O3/c1-8-4-5-15-11(6-8)13(18)16-10-7-9(14)2-3-12(10)17(19)20/h2-3,7-8,11,15H,4-6H2,1H3,(H,16,18). The van der Waals surface area contributed by atoms with E-state index < -0.39 is 16.8 Å². The summed E-state index contributed by atoms with van der Waals surface area (Å²) in [7, 11) is 0. The summed E-state index contributed by atoms with van der Waals surface area (Å²) in [6.45, 7) is 2.77. The van der Waals surface area contributed by atoms with Gasteiger partial charge in [-0.3, -0.25) is 14.9 Å². The van der Waals surface area contributed by atoms with Gasteiger partial charge in [0.1, 0.15) is 11.5 Å². The van der Waals surface area contributed by atoms with Crippen LogP contribution in [0.15, 0.2) is 18.2 Å². The lowest BCUT2D eigenvalue weighted by atomic mass is 9.94. The molecule has 2 rings (SSSR count). The summed E-state index contributed by atoms with van der Waals surface area (Å²) in [5.41, 5.74) is -0.427. The average molecular weight is 281 g/mol. The number of nitro benzene ring substituents is 1. The molecule has 2 N–H and O–H groups in total. The predicted molar refractivity (Wildman–Crippen MR) is 71.9 cm³/mol. The molecule has 1 amide bonds. The summed E-state index contributed by atoms with van der Waals surface area (Å²) in [5.74, 6) is -0.587. The van der Waals surface area contributed by atoms with E-state index in [1.54, 1.807) is 0 Å². The number of nitrogens with zero attached hydrogens (tertiary/aromatic N) is 1. The average Bonchev–Trinajstić information content (AvgIpc) is 2.38. The van der Waals surface area contributed by atoms with Gasteiger partial charge in [-0.25, -0.2) is 4.39 Å². The number of carbonyl (C=O) groups excluding carboxylic acids is 1. The summed E-state index contributed by atoms with van der Waals surface area (Å²) in [6, 6.07) is 2.60. The van der Waals surface area contributed by atoms with E-state index in [0.29, 0.717) is 12.3 Å². The number of carbonyl (C=O) groups is 1. The van der Waals surface area contributed by atoms with Gasteiger partial charge in [0.25, 0.3) is 5.69 Å². The van der Waals surface area contributed by atoms with Crippen LogP contribution in [-0.2, 0) is 4.79 Å². The molecule has 108 valence electrons. The molecule has 0 radical (unpaired) electrons. The summed E-state index contributed by atoms with van der Waals surface area (Å²) < 4.78 is 13.2. The lowest BCUT2D eigenvalue weighted by molar-refractivity contribution is -0.384. The SMILES string of the molecule is CC1CCNC(C(=O)Nc2cc(F)ccc2[N+](=O)[O-])C1. The molecule has 2 atom stereocenters. The van der Waals surface area contributed by atoms with Gasteiger partial charge in [-0.05, 0) is 31.4 Å². The number of amides is 1. The Labute approximate surface area is 115 Å². The van der Waals surface area contributed by atoms with E-state index in [1.165, 1.54) is 0 Å². The normalized spacial score (nSPS) is 22.3. The topological polar surface area (TPSA) is 84.3 Å². The Morgan fingerprint density at radius 1 is 1.55 bits per heavy atom. The van der Waals surface area contributed by atoms with Crippen LogP contribution in [0.25, 0.3) is 0 Å². The van der Waals surface area contributed by atoms with Gasteiger partial charge in [0.15, 0.2) is 0 Å². The second kappa shape index (κ2) is 5.96. The molecule has 0 spiro atoms. The molecule has 0 aliphatic carbocycles. The maximum Gasteiger partial charge on any atom is 0.292 e. The molecular weight excluding hydrogens is 265 g/mol. The lowest BCUT2D eigenvalue weighted by Crippen LogP contribution is -2.45. The largest absolute Gasteiger partial charge is 0.319 e. The van der Waals surface area contributed by atoms with E-state index in [2.05, 4.69) is 10.6 Å². The Morgan fingerprint density at radius 2 is 2.30 bits per heavy atom. The molecule has 1 heterocycles. The van der Waals surface area contributed by atoms with Gasteiger partial charge in [-0.2, -0.15) is 0 Å². The minimum atomic E-state index is -0.647. The maximum absolute atomic E-state index is 13.2. The first-order valence-corrected chi connectivity index (χ1v) is 6.45. The number of nitro groups is 1. The molecule has 1 fully saturated rings. The van der Waals surface area contributed by atoms with Crippen molar-refractivity contribution in [2.75, 3.05) is 11.9 Å². The fourth-order valence-corrected chi connectivity index (χ4v) is 2.29. The first kappa shape index (κ1) is 14.4. The van der Waals surface area contributed by atoms with Gasteiger partial charge in [-0.15, -0.1) is 0 Å². The quantitative estimate of drug-likeness (QED) is 0.656. The Bertz CT molecular complexity index is 536. The van der Waals surface area contributed by atoms with Crippen molar-refractivity contribution in [3.63, 3.8) is 0 Å². The number of rotatable bonds is 3. The smallest absolute Gasteiger partial charge is 0.292 e. The fraction of sp³-hybridized carbons (Fsp3) is 0.462. The van der Waals surface area contributed by atoms with Gasteiger partial charge in [0, 0.05) is 12.1 Å². The molecule has 0 aromatic heterocycles. The highest BCUT2D eigenvalue weighted by Gasteiger charge is 2.26. The zero-order valence-electron chi connectivity index (χ0n) is 11.1. The zero-order chi connectivity index (χ0) is 14.7. The van der Waals surface area contributed by atoms with Crippen molar-refractivity contribution in [3.8, 4) is 0 Å². The number of hydrogen-bond donors (Lipinski definition) is 2. The van der Waals surface area contributed by atoms with E-state index in [1.807, 2.05) is 6.92 Å². The first-order valence-electron chi connectivity index (χ1n) is 6.45. The van der Waals surface area contributed by atoms with Crippen LogP contribution in [0.2, 0.25) is 0 Å². The van der Waals surface area contributed by atoms with Crippen molar-refractivity contribution < 1.29 is 14.1 Å². The van der Waals surface area contributed by atoms with Crippen LogP contribution < -0.4 is 10.6 Å². The third-order valence-electron chi connectivity index (χ3n) is 3.40. The van der Waals surface area contributed by atoms with Gasteiger partial charge >= 0.3 is 0 Å². The van der Waals surface area contributed by atoms with Crippen LogP contribution in [0.3, 0.4) is 0 Å². The molecule has 7 heteroatoms. The van der Waals surface area contributed by atoms with Crippen molar-refractivity contribution in [1.29, 1.82) is 0 Å². The van der Waals surface area contributed by atoms with E-state index in [0.717, 1.165) is 31.2 Å². The number of nitrogens with one attached hydrogen (secondary N) is 2. The van der Waals surface area contributed by atoms with Crippen LogP contribution in [0.1, 0.15) is 19.8 Å². The molecular formula is C13H16FN3O3. The van der Waals surface area contributed by atoms with Crippen molar-refractivity contribution in [2.24, 2.45) is 5.92 Å². The van der Waals surface area contributed by atoms with E-state index in [9.17, 15) is 19.3 Å². The molecule has 2 unspecified atom stereocenters. The van der Waals surface area contributed by atoms with E-state index in [4.69, 9.17) is 0 Å². The Morgan fingerprint density at radius 3 is 2.95 bits per heavy atom. The Kier molecular flexibility index (Phi) is 4.29. The number of hydrogen-bond acceptors (Lipinski definition) is 4. The maximum atomic E-state index is 13.2. The molecule has 20 heavy (non-hydrogen) atoms. The second-order valence-electron chi connectivity index (χ2n) is 5.04. The molecule has 1 saturated heterocycles. The van der Waals surface area contributed by atoms with Gasteiger partial charge in [0.2, 0.25) is 5.91 Å². The lowest BCUT2D eigenvalue weighted by Gasteiger charge is -2.27. The molecule has 0 saturated carbocycles. The molecule has 1 aliphatic rings. The minimum Gasteiger partial charge on any atom is -0.319 e. The highest BCUT2D eigenvalue weighted by atomic mass is 19.1. The molecule has 1 aliphatic heterocycles. The number of anilines is 1. The number of halogens is 1. The van der Waals surface area contributed by atoms with Gasteiger partial charge in [-0.1, -0.05) is 6.92 Å². The summed E-state index contributed by atoms with van der Waals surface area (Å²) >= 11 is 0. The van der Waals surface area contributed by atoms with Crippen LogP contribution in [0.5, 0.6) is 0 Å². The summed E-state index contributed by atoms with van der Waals surface area (Å²) in [6.07, 6.45) is 1.65. The second-order valence-corrected chi connectivity index (χ2v) is 5.04. The molecule has 1 aromatic rings. The number of piperidine rings is 1. The van der Waals surface area contributed by atoms with Crippen LogP contribution in [-0.4, -0.2) is 23.4 Å². The number of benzene rings is 1. The van der Waals surface area contributed by atoms with E-state index in [-0.39, 0.29) is 17.3 Å².